The Morgan fingerprint density at radius 2 is 1.03 bits per heavy atom. The topological polar surface area (TPSA) is 11.0 Å². The van der Waals surface area contributed by atoms with E-state index in [0.29, 0.717) is 0 Å². The van der Waals surface area contributed by atoms with Gasteiger partial charge in [-0.05, 0) is 42.0 Å². The van der Waals surface area contributed by atoms with Gasteiger partial charge in [-0.3, -0.25) is 0 Å². The molecule has 3 aromatic carbocycles. The molecule has 0 fully saturated rings. The van der Waals surface area contributed by atoms with Gasteiger partial charge in [0.1, 0.15) is 17.9 Å². The first-order chi connectivity index (χ1) is 16.4. The zero-order valence-corrected chi connectivity index (χ0v) is 18.0. The molecular formula is C30H21N3+2. The molecule has 3 heteroatoms. The van der Waals surface area contributed by atoms with Crippen molar-refractivity contribution in [3.63, 3.8) is 0 Å². The second-order valence-corrected chi connectivity index (χ2v) is 9.04. The maximum atomic E-state index is 2.57. The highest BCUT2D eigenvalue weighted by atomic mass is 15.5. The van der Waals surface area contributed by atoms with E-state index in [1.807, 2.05) is 0 Å². The standard InChI is InChI=1S/C30H21N3/c1-2-10-21(11-3-1)20-31-28-18-8-16-26-22-12-4-6-14-24(22)30(32(26)28)25-15-7-5-13-23(25)27-17-9-19-29(31)33(27)30/h1-19H,20H2/q+2. The Morgan fingerprint density at radius 1 is 0.515 bits per heavy atom. The van der Waals surface area contributed by atoms with Gasteiger partial charge in [0, 0.05) is 23.3 Å². The molecule has 3 aliphatic heterocycles. The van der Waals surface area contributed by atoms with Crippen molar-refractivity contribution in [1.82, 2.24) is 0 Å². The van der Waals surface area contributed by atoms with Crippen LogP contribution in [-0.2, 0) is 12.2 Å². The Bertz CT molecular complexity index is 1500. The fraction of sp³-hybridized carbons (Fsp3) is 0.0667. The van der Waals surface area contributed by atoms with Crippen LogP contribution in [0.3, 0.4) is 0 Å². The van der Waals surface area contributed by atoms with E-state index >= 15 is 0 Å². The van der Waals surface area contributed by atoms with Crippen LogP contribution in [0.2, 0.25) is 0 Å². The summed E-state index contributed by atoms with van der Waals surface area (Å²) in [5, 5.41) is 0. The smallest absolute Gasteiger partial charge is 0.188 e. The average Bonchev–Trinajstić information content (AvgIpc) is 3.36. The molecule has 154 valence electrons. The van der Waals surface area contributed by atoms with Crippen LogP contribution in [-0.4, -0.2) is 0 Å². The monoisotopic (exact) mass is 423 g/mol. The molecule has 0 bridgehead atoms. The Labute approximate surface area is 192 Å². The third kappa shape index (κ3) is 1.93. The summed E-state index contributed by atoms with van der Waals surface area (Å²) in [4.78, 5) is 2.47. The van der Waals surface area contributed by atoms with Gasteiger partial charge in [-0.2, -0.15) is 14.0 Å². The number of hydrogen-bond donors (Lipinski definition) is 0. The molecule has 0 N–H and O–H groups in total. The minimum absolute atomic E-state index is 0.405. The van der Waals surface area contributed by atoms with Crippen LogP contribution in [0, 0.1) is 0 Å². The van der Waals surface area contributed by atoms with E-state index in [9.17, 15) is 0 Å². The number of nitrogens with zero attached hydrogens (tertiary/aromatic N) is 3. The van der Waals surface area contributed by atoms with Crippen molar-refractivity contribution < 1.29 is 9.13 Å². The second-order valence-electron chi connectivity index (χ2n) is 9.04. The van der Waals surface area contributed by atoms with E-state index in [1.54, 1.807) is 0 Å². The zero-order chi connectivity index (χ0) is 21.6. The molecule has 2 aromatic heterocycles. The van der Waals surface area contributed by atoms with Crippen molar-refractivity contribution in [3.05, 3.63) is 132 Å². The summed E-state index contributed by atoms with van der Waals surface area (Å²) in [6.45, 7) is 0.816. The van der Waals surface area contributed by atoms with Crippen LogP contribution in [0.1, 0.15) is 16.7 Å². The van der Waals surface area contributed by atoms with Crippen LogP contribution >= 0.6 is 0 Å². The van der Waals surface area contributed by atoms with Crippen molar-refractivity contribution in [3.8, 4) is 22.5 Å². The summed E-state index contributed by atoms with van der Waals surface area (Å²) < 4.78 is 5.14. The number of anilines is 2. The van der Waals surface area contributed by atoms with Crippen LogP contribution in [0.4, 0.5) is 11.6 Å². The normalized spacial score (nSPS) is 15.0. The third-order valence-corrected chi connectivity index (χ3v) is 7.48. The molecule has 0 saturated heterocycles. The predicted molar refractivity (Wildman–Crippen MR) is 128 cm³/mol. The highest BCUT2D eigenvalue weighted by molar-refractivity contribution is 5.76. The number of rotatable bonds is 2. The first-order valence-corrected chi connectivity index (χ1v) is 11.5. The lowest BCUT2D eigenvalue weighted by atomic mass is 9.89. The van der Waals surface area contributed by atoms with E-state index in [-0.39, 0.29) is 0 Å². The maximum Gasteiger partial charge on any atom is 0.308 e. The van der Waals surface area contributed by atoms with Gasteiger partial charge in [-0.15, -0.1) is 0 Å². The molecular weight excluding hydrogens is 402 g/mol. The minimum atomic E-state index is -0.405. The summed E-state index contributed by atoms with van der Waals surface area (Å²) in [6, 6.07) is 42.1. The second kappa shape index (κ2) is 5.96. The van der Waals surface area contributed by atoms with Crippen molar-refractivity contribution in [2.75, 3.05) is 4.90 Å². The number of benzene rings is 3. The van der Waals surface area contributed by atoms with Gasteiger partial charge in [0.25, 0.3) is 11.6 Å². The van der Waals surface area contributed by atoms with Gasteiger partial charge in [-0.25, -0.2) is 0 Å². The molecule has 0 unspecified atom stereocenters. The third-order valence-electron chi connectivity index (χ3n) is 7.48. The molecule has 0 amide bonds. The number of pyridine rings is 2. The average molecular weight is 424 g/mol. The van der Waals surface area contributed by atoms with Crippen molar-refractivity contribution in [2.45, 2.75) is 12.2 Å². The number of hydrogen-bond acceptors (Lipinski definition) is 1. The molecule has 5 heterocycles. The summed E-state index contributed by atoms with van der Waals surface area (Å²) in [5.74, 6) is 2.45. The van der Waals surface area contributed by atoms with Gasteiger partial charge in [0.15, 0.2) is 0 Å². The largest absolute Gasteiger partial charge is 0.308 e. The fourth-order valence-corrected chi connectivity index (χ4v) is 6.31. The fourth-order valence-electron chi connectivity index (χ4n) is 6.31. The molecule has 0 radical (unpaired) electrons. The highest BCUT2D eigenvalue weighted by Crippen LogP contribution is 2.51. The van der Waals surface area contributed by atoms with Crippen molar-refractivity contribution in [2.24, 2.45) is 0 Å². The molecule has 3 aliphatic rings. The van der Waals surface area contributed by atoms with Crippen molar-refractivity contribution in [1.29, 1.82) is 0 Å². The van der Waals surface area contributed by atoms with Gasteiger partial charge < -0.3 is 0 Å². The predicted octanol–water partition coefficient (Wildman–Crippen LogP) is 5.17. The molecule has 0 saturated carbocycles. The Morgan fingerprint density at radius 3 is 1.61 bits per heavy atom. The molecule has 3 nitrogen and oxygen atoms in total. The van der Waals surface area contributed by atoms with Crippen LogP contribution in [0.5, 0.6) is 0 Å². The first kappa shape index (κ1) is 17.3. The molecule has 33 heavy (non-hydrogen) atoms. The molecule has 0 atom stereocenters. The van der Waals surface area contributed by atoms with Crippen LogP contribution in [0.25, 0.3) is 22.5 Å². The highest BCUT2D eigenvalue weighted by Gasteiger charge is 2.65. The lowest BCUT2D eigenvalue weighted by molar-refractivity contribution is -0.951. The lowest BCUT2D eigenvalue weighted by Gasteiger charge is -2.34. The summed E-state index contributed by atoms with van der Waals surface area (Å²) in [5.41, 5.74) is 8.75. The van der Waals surface area contributed by atoms with E-state index in [0.717, 1.165) is 6.54 Å². The Hall–Kier alpha value is -4.24. The Kier molecular flexibility index (Phi) is 3.13. The summed E-state index contributed by atoms with van der Waals surface area (Å²) in [6.07, 6.45) is 0. The van der Waals surface area contributed by atoms with Gasteiger partial charge in [-0.1, -0.05) is 66.7 Å². The summed E-state index contributed by atoms with van der Waals surface area (Å²) in [7, 11) is 0. The van der Waals surface area contributed by atoms with E-state index in [4.69, 9.17) is 0 Å². The van der Waals surface area contributed by atoms with Gasteiger partial charge in [0.05, 0.1) is 11.1 Å². The van der Waals surface area contributed by atoms with E-state index in [2.05, 4.69) is 129 Å². The van der Waals surface area contributed by atoms with E-state index < -0.39 is 5.66 Å². The minimum Gasteiger partial charge on any atom is -0.188 e. The first-order valence-electron chi connectivity index (χ1n) is 11.5. The SMILES string of the molecule is c1ccc(CN2c3cccc4[n+]3C3(c5ccccc5-4)c4ccccc4-c4cccc2[n+]43)cc1. The Balaban J connectivity index is 1.55. The van der Waals surface area contributed by atoms with Crippen LogP contribution < -0.4 is 14.0 Å². The lowest BCUT2D eigenvalue weighted by Crippen LogP contribution is -2.76. The van der Waals surface area contributed by atoms with Gasteiger partial charge in [0.2, 0.25) is 0 Å². The molecule has 1 spiro atoms. The van der Waals surface area contributed by atoms with Crippen LogP contribution in [0.15, 0.2) is 115 Å². The molecule has 8 rings (SSSR count). The maximum absolute atomic E-state index is 2.57. The number of aromatic nitrogens is 2. The molecule has 5 aromatic rings. The quantitative estimate of drug-likeness (QED) is 0.349. The molecule has 0 aliphatic carbocycles. The van der Waals surface area contributed by atoms with E-state index in [1.165, 1.54) is 50.8 Å². The number of fused-ring (bicyclic) bond motifs is 4. The summed E-state index contributed by atoms with van der Waals surface area (Å²) >= 11 is 0. The zero-order valence-electron chi connectivity index (χ0n) is 18.0. The van der Waals surface area contributed by atoms with Crippen molar-refractivity contribution >= 4 is 11.6 Å². The van der Waals surface area contributed by atoms with Gasteiger partial charge >= 0.3 is 5.66 Å².